The lowest BCUT2D eigenvalue weighted by atomic mass is 10.2. The van der Waals surface area contributed by atoms with Gasteiger partial charge in [0, 0.05) is 24.2 Å². The number of thioether (sulfide) groups is 1. The zero-order valence-electron chi connectivity index (χ0n) is 16.4. The molecule has 0 saturated carbocycles. The highest BCUT2D eigenvalue weighted by Crippen LogP contribution is 2.28. The third kappa shape index (κ3) is 6.24. The third-order valence-electron chi connectivity index (χ3n) is 4.17. The molecule has 0 aliphatic heterocycles. The fourth-order valence-corrected chi connectivity index (χ4v) is 3.58. The van der Waals surface area contributed by atoms with Gasteiger partial charge in [0.05, 0.1) is 5.25 Å². The highest BCUT2D eigenvalue weighted by Gasteiger charge is 2.21. The minimum absolute atomic E-state index is 0.377. The molecular weight excluding hydrogens is 398 g/mol. The van der Waals surface area contributed by atoms with Gasteiger partial charge in [0.1, 0.15) is 0 Å². The van der Waals surface area contributed by atoms with Gasteiger partial charge in [-0.1, -0.05) is 49.5 Å². The summed E-state index contributed by atoms with van der Waals surface area (Å²) in [7, 11) is 1.46. The Hall–Kier alpha value is -2.06. The molecule has 1 heterocycles. The number of rotatable bonds is 9. The molecule has 2 aromatic rings. The van der Waals surface area contributed by atoms with Gasteiger partial charge >= 0.3 is 6.03 Å². The van der Waals surface area contributed by atoms with Crippen molar-refractivity contribution < 1.29 is 9.59 Å². The summed E-state index contributed by atoms with van der Waals surface area (Å²) in [5, 5.41) is 14.1. The van der Waals surface area contributed by atoms with Gasteiger partial charge in [-0.15, -0.1) is 10.2 Å². The van der Waals surface area contributed by atoms with Gasteiger partial charge in [0.15, 0.2) is 11.0 Å². The maximum Gasteiger partial charge on any atom is 0.321 e. The van der Waals surface area contributed by atoms with E-state index in [0.717, 1.165) is 37.2 Å². The Morgan fingerprint density at radius 2 is 1.89 bits per heavy atom. The van der Waals surface area contributed by atoms with Crippen LogP contribution < -0.4 is 10.6 Å². The molecule has 2 N–H and O–H groups in total. The number of halogens is 1. The minimum atomic E-state index is -0.527. The molecule has 7 nitrogen and oxygen atoms in total. The lowest BCUT2D eigenvalue weighted by Crippen LogP contribution is -2.41. The molecule has 0 unspecified atom stereocenters. The summed E-state index contributed by atoms with van der Waals surface area (Å²) in [6.45, 7) is 4.67. The highest BCUT2D eigenvalue weighted by atomic mass is 35.5. The fourth-order valence-electron chi connectivity index (χ4n) is 2.57. The van der Waals surface area contributed by atoms with Gasteiger partial charge in [-0.05, 0) is 37.6 Å². The van der Waals surface area contributed by atoms with Gasteiger partial charge in [0.2, 0.25) is 5.91 Å². The van der Waals surface area contributed by atoms with Crippen LogP contribution in [-0.2, 0) is 11.3 Å². The van der Waals surface area contributed by atoms with Crippen molar-refractivity contribution in [1.82, 2.24) is 25.4 Å². The van der Waals surface area contributed by atoms with Crippen molar-refractivity contribution >= 4 is 35.3 Å². The molecule has 0 aliphatic rings. The van der Waals surface area contributed by atoms with Crippen LogP contribution in [-0.4, -0.2) is 39.0 Å². The molecule has 28 heavy (non-hydrogen) atoms. The summed E-state index contributed by atoms with van der Waals surface area (Å²) in [4.78, 5) is 23.5. The first-order valence-corrected chi connectivity index (χ1v) is 10.6. The summed E-state index contributed by atoms with van der Waals surface area (Å²) in [5.74, 6) is 0.368. The molecule has 0 bridgehead atoms. The van der Waals surface area contributed by atoms with E-state index in [1.807, 2.05) is 28.8 Å². The van der Waals surface area contributed by atoms with Gasteiger partial charge < -0.3 is 9.88 Å². The summed E-state index contributed by atoms with van der Waals surface area (Å²) < 4.78 is 2.03. The van der Waals surface area contributed by atoms with Crippen molar-refractivity contribution in [3.05, 3.63) is 29.3 Å². The lowest BCUT2D eigenvalue weighted by molar-refractivity contribution is -0.119. The zero-order valence-corrected chi connectivity index (χ0v) is 17.9. The van der Waals surface area contributed by atoms with Crippen molar-refractivity contribution in [1.29, 1.82) is 0 Å². The average molecular weight is 424 g/mol. The topological polar surface area (TPSA) is 88.9 Å². The first-order valence-electron chi connectivity index (χ1n) is 9.34. The van der Waals surface area contributed by atoms with E-state index in [9.17, 15) is 9.59 Å². The molecule has 0 saturated heterocycles. The van der Waals surface area contributed by atoms with Crippen LogP contribution >= 0.6 is 23.4 Å². The largest absolute Gasteiger partial charge is 0.341 e. The summed E-state index contributed by atoms with van der Waals surface area (Å²) in [6.07, 6.45) is 4.45. The quantitative estimate of drug-likeness (QED) is 0.468. The lowest BCUT2D eigenvalue weighted by Gasteiger charge is -2.13. The van der Waals surface area contributed by atoms with Crippen LogP contribution in [0.5, 0.6) is 0 Å². The SMILES string of the molecule is CCCCCCn1c(S[C@@H](C)C(=O)NC(=O)NC)nnc1-c1ccc(Cl)cc1. The van der Waals surface area contributed by atoms with Crippen LogP contribution in [0.2, 0.25) is 5.02 Å². The highest BCUT2D eigenvalue weighted by molar-refractivity contribution is 8.00. The van der Waals surface area contributed by atoms with Gasteiger partial charge in [-0.2, -0.15) is 0 Å². The molecule has 1 aromatic heterocycles. The summed E-state index contributed by atoms with van der Waals surface area (Å²) in [6, 6.07) is 6.93. The minimum Gasteiger partial charge on any atom is -0.341 e. The number of carbonyl (C=O) groups is 2. The smallest absolute Gasteiger partial charge is 0.321 e. The number of nitrogens with one attached hydrogen (secondary N) is 2. The number of urea groups is 1. The van der Waals surface area contributed by atoms with E-state index in [4.69, 9.17) is 11.6 Å². The van der Waals surface area contributed by atoms with Crippen molar-refractivity contribution in [3.8, 4) is 11.4 Å². The second-order valence-corrected chi connectivity index (χ2v) is 8.10. The van der Waals surface area contributed by atoms with Crippen molar-refractivity contribution in [3.63, 3.8) is 0 Å². The number of imide groups is 1. The van der Waals surface area contributed by atoms with E-state index in [0.29, 0.717) is 10.2 Å². The molecule has 0 aliphatic carbocycles. The number of hydrogen-bond donors (Lipinski definition) is 2. The van der Waals surface area contributed by atoms with Crippen LogP contribution in [0.3, 0.4) is 0 Å². The summed E-state index contributed by atoms with van der Waals surface area (Å²) in [5.41, 5.74) is 0.918. The van der Waals surface area contributed by atoms with E-state index in [1.54, 1.807) is 6.92 Å². The van der Waals surface area contributed by atoms with E-state index in [1.165, 1.54) is 25.2 Å². The Morgan fingerprint density at radius 1 is 1.18 bits per heavy atom. The molecule has 152 valence electrons. The van der Waals surface area contributed by atoms with Gasteiger partial charge in [-0.25, -0.2) is 4.79 Å². The molecule has 2 rings (SSSR count). The number of aromatic nitrogens is 3. The van der Waals surface area contributed by atoms with Crippen LogP contribution in [0.15, 0.2) is 29.4 Å². The van der Waals surface area contributed by atoms with Crippen LogP contribution in [0.4, 0.5) is 4.79 Å². The average Bonchev–Trinajstić information content (AvgIpc) is 3.08. The van der Waals surface area contributed by atoms with Crippen LogP contribution in [0, 0.1) is 0 Å². The Balaban J connectivity index is 2.21. The van der Waals surface area contributed by atoms with Crippen LogP contribution in [0.1, 0.15) is 39.5 Å². The molecule has 9 heteroatoms. The maximum absolute atomic E-state index is 12.2. The van der Waals surface area contributed by atoms with E-state index >= 15 is 0 Å². The number of hydrogen-bond acceptors (Lipinski definition) is 5. The Morgan fingerprint density at radius 3 is 2.54 bits per heavy atom. The molecule has 0 fully saturated rings. The van der Waals surface area contributed by atoms with Gasteiger partial charge in [0.25, 0.3) is 0 Å². The van der Waals surface area contributed by atoms with Gasteiger partial charge in [-0.3, -0.25) is 10.1 Å². The predicted molar refractivity (Wildman–Crippen MR) is 113 cm³/mol. The van der Waals surface area contributed by atoms with Crippen molar-refractivity contribution in [2.24, 2.45) is 0 Å². The maximum atomic E-state index is 12.2. The number of nitrogens with zero attached hydrogens (tertiary/aromatic N) is 3. The number of carbonyl (C=O) groups excluding carboxylic acids is 2. The molecule has 1 aromatic carbocycles. The second kappa shape index (κ2) is 11.1. The van der Waals surface area contributed by atoms with E-state index in [-0.39, 0.29) is 5.91 Å². The zero-order chi connectivity index (χ0) is 20.5. The first kappa shape index (κ1) is 22.2. The first-order chi connectivity index (χ1) is 13.5. The molecule has 0 spiro atoms. The van der Waals surface area contributed by atoms with Crippen molar-refractivity contribution in [2.45, 2.75) is 56.5 Å². The molecule has 3 amide bonds. The van der Waals surface area contributed by atoms with E-state index < -0.39 is 11.3 Å². The number of amides is 3. The standard InChI is InChI=1S/C19H26ClN5O2S/c1-4-5-6-7-12-25-16(14-8-10-15(20)11-9-14)23-24-19(25)28-13(2)17(26)22-18(27)21-3/h8-11,13H,4-7,12H2,1-3H3,(H2,21,22,26,27)/t13-/m0/s1. The number of unbranched alkanes of at least 4 members (excludes halogenated alkanes) is 3. The number of benzene rings is 1. The third-order valence-corrected chi connectivity index (χ3v) is 5.50. The molecular formula is C19H26ClN5O2S. The predicted octanol–water partition coefficient (Wildman–Crippen LogP) is 4.12. The summed E-state index contributed by atoms with van der Waals surface area (Å²) >= 11 is 7.28. The van der Waals surface area contributed by atoms with Crippen LogP contribution in [0.25, 0.3) is 11.4 Å². The van der Waals surface area contributed by atoms with Crippen molar-refractivity contribution in [2.75, 3.05) is 7.05 Å². The Bertz CT molecular complexity index is 794. The molecule has 1 atom stereocenters. The monoisotopic (exact) mass is 423 g/mol. The fraction of sp³-hybridized carbons (Fsp3) is 0.474. The normalized spacial score (nSPS) is 11.9. The van der Waals surface area contributed by atoms with E-state index in [2.05, 4.69) is 27.8 Å². The molecule has 0 radical (unpaired) electrons. The second-order valence-electron chi connectivity index (χ2n) is 6.35. The Labute approximate surface area is 174 Å². The Kier molecular flexibility index (Phi) is 8.79.